The molecule has 5 heteroatoms. The molecule has 0 aromatic rings. The summed E-state index contributed by atoms with van der Waals surface area (Å²) >= 11 is 0. The summed E-state index contributed by atoms with van der Waals surface area (Å²) < 4.78 is 33.1. The largest absolute Gasteiger partial charge is 0.444 e. The number of alkyl halides is 2. The van der Waals surface area contributed by atoms with Gasteiger partial charge in [-0.3, -0.25) is 0 Å². The Hall–Kier alpha value is -0.870. The second-order valence-electron chi connectivity index (χ2n) is 6.33. The van der Waals surface area contributed by atoms with E-state index in [-0.39, 0.29) is 6.42 Å². The summed E-state index contributed by atoms with van der Waals surface area (Å²) in [6.07, 6.45) is 0.828. The van der Waals surface area contributed by atoms with Crippen LogP contribution in [-0.4, -0.2) is 35.6 Å². The Bertz CT molecular complexity index is 326. The van der Waals surface area contributed by atoms with Crippen molar-refractivity contribution in [1.29, 1.82) is 0 Å². The highest BCUT2D eigenvalue weighted by atomic mass is 19.3. The van der Waals surface area contributed by atoms with E-state index in [4.69, 9.17) is 4.74 Å². The summed E-state index contributed by atoms with van der Waals surface area (Å²) in [7, 11) is 1.56. The van der Waals surface area contributed by atoms with E-state index in [1.165, 1.54) is 4.90 Å². The van der Waals surface area contributed by atoms with E-state index in [0.29, 0.717) is 19.3 Å². The summed E-state index contributed by atoms with van der Waals surface area (Å²) in [6, 6.07) is -0.441. The number of ether oxygens (including phenoxy) is 1. The van der Waals surface area contributed by atoms with Crippen molar-refractivity contribution in [2.75, 3.05) is 7.05 Å². The highest BCUT2D eigenvalue weighted by molar-refractivity contribution is 5.68. The number of carbonyl (C=O) groups excluding carboxylic acids is 1. The van der Waals surface area contributed by atoms with Crippen LogP contribution in [0.3, 0.4) is 0 Å². The molecule has 1 rings (SSSR count). The quantitative estimate of drug-likeness (QED) is 0.761. The third-order valence-electron chi connectivity index (χ3n) is 3.64. The summed E-state index contributed by atoms with van der Waals surface area (Å²) in [5, 5.41) is 0. The topological polar surface area (TPSA) is 29.5 Å². The van der Waals surface area contributed by atoms with Crippen LogP contribution >= 0.6 is 0 Å². The molecule has 0 bridgehead atoms. The number of amides is 1. The van der Waals surface area contributed by atoms with Crippen molar-refractivity contribution in [2.24, 2.45) is 5.92 Å². The van der Waals surface area contributed by atoms with E-state index in [9.17, 15) is 13.6 Å². The van der Waals surface area contributed by atoms with Gasteiger partial charge >= 0.3 is 6.09 Å². The fourth-order valence-electron chi connectivity index (χ4n) is 2.72. The van der Waals surface area contributed by atoms with Crippen molar-refractivity contribution >= 4 is 6.09 Å². The zero-order valence-electron chi connectivity index (χ0n) is 12.5. The molecule has 0 aromatic heterocycles. The van der Waals surface area contributed by atoms with E-state index in [1.54, 1.807) is 34.7 Å². The predicted octanol–water partition coefficient (Wildman–Crippen LogP) is 4.07. The Kier molecular flexibility index (Phi) is 4.80. The van der Waals surface area contributed by atoms with Crippen LogP contribution in [0.25, 0.3) is 0 Å². The molecule has 0 spiro atoms. The third-order valence-corrected chi connectivity index (χ3v) is 3.64. The number of nitrogens with zero attached hydrogens (tertiary/aromatic N) is 1. The van der Waals surface area contributed by atoms with E-state index in [0.717, 1.165) is 0 Å². The molecule has 0 radical (unpaired) electrons. The minimum Gasteiger partial charge on any atom is -0.444 e. The molecular weight excluding hydrogens is 252 g/mol. The molecule has 0 aromatic carbocycles. The molecule has 1 saturated carbocycles. The molecular formula is C14H25F2NO2. The maximum absolute atomic E-state index is 13.9. The monoisotopic (exact) mass is 277 g/mol. The van der Waals surface area contributed by atoms with Crippen molar-refractivity contribution in [3.8, 4) is 0 Å². The number of carbonyl (C=O) groups is 1. The Balaban J connectivity index is 2.79. The van der Waals surface area contributed by atoms with E-state index < -0.39 is 29.6 Å². The minimum atomic E-state index is -2.69. The average molecular weight is 277 g/mol. The molecule has 1 fully saturated rings. The van der Waals surface area contributed by atoms with Gasteiger partial charge in [-0.05, 0) is 40.0 Å². The van der Waals surface area contributed by atoms with Gasteiger partial charge in [-0.25, -0.2) is 13.6 Å². The van der Waals surface area contributed by atoms with E-state index in [1.807, 2.05) is 0 Å². The van der Waals surface area contributed by atoms with Crippen LogP contribution in [0.2, 0.25) is 0 Å². The highest BCUT2D eigenvalue weighted by Crippen LogP contribution is 2.42. The lowest BCUT2D eigenvalue weighted by atomic mass is 9.79. The highest BCUT2D eigenvalue weighted by Gasteiger charge is 2.48. The zero-order chi connectivity index (χ0) is 14.8. The molecule has 2 unspecified atom stereocenters. The van der Waals surface area contributed by atoms with Gasteiger partial charge in [-0.1, -0.05) is 6.92 Å². The Morgan fingerprint density at radius 1 is 1.42 bits per heavy atom. The van der Waals surface area contributed by atoms with Crippen molar-refractivity contribution in [2.45, 2.75) is 70.9 Å². The van der Waals surface area contributed by atoms with E-state index in [2.05, 4.69) is 0 Å². The van der Waals surface area contributed by atoms with Gasteiger partial charge in [0.25, 0.3) is 5.92 Å². The number of halogens is 2. The second kappa shape index (κ2) is 5.63. The maximum atomic E-state index is 13.9. The lowest BCUT2D eigenvalue weighted by molar-refractivity contribution is -0.116. The molecule has 112 valence electrons. The average Bonchev–Trinajstić information content (AvgIpc) is 2.24. The Morgan fingerprint density at radius 2 is 2.00 bits per heavy atom. The third kappa shape index (κ3) is 4.05. The molecule has 2 atom stereocenters. The first kappa shape index (κ1) is 16.2. The smallest absolute Gasteiger partial charge is 0.410 e. The van der Waals surface area contributed by atoms with Crippen LogP contribution in [0, 0.1) is 5.92 Å². The van der Waals surface area contributed by atoms with Crippen molar-refractivity contribution in [3.05, 3.63) is 0 Å². The van der Waals surface area contributed by atoms with Gasteiger partial charge in [-0.2, -0.15) is 0 Å². The summed E-state index contributed by atoms with van der Waals surface area (Å²) in [5.41, 5.74) is -0.607. The molecule has 0 saturated heterocycles. The van der Waals surface area contributed by atoms with Crippen molar-refractivity contribution in [3.63, 3.8) is 0 Å². The minimum absolute atomic E-state index is 0.0792. The molecule has 3 nitrogen and oxygen atoms in total. The Labute approximate surface area is 114 Å². The SMILES string of the molecule is CCC1C(N(C)C(=O)OC(C)(C)C)CCCC1(F)F. The lowest BCUT2D eigenvalue weighted by Crippen LogP contribution is -2.51. The number of hydrogen-bond acceptors (Lipinski definition) is 2. The van der Waals surface area contributed by atoms with Gasteiger partial charge in [0, 0.05) is 25.4 Å². The first-order valence-corrected chi connectivity index (χ1v) is 6.92. The van der Waals surface area contributed by atoms with Gasteiger partial charge in [0.15, 0.2) is 0 Å². The fourth-order valence-corrected chi connectivity index (χ4v) is 2.72. The molecule has 0 heterocycles. The summed E-state index contributed by atoms with van der Waals surface area (Å²) in [5.74, 6) is -3.47. The second-order valence-corrected chi connectivity index (χ2v) is 6.33. The lowest BCUT2D eigenvalue weighted by Gasteiger charge is -2.42. The van der Waals surface area contributed by atoms with Crippen LogP contribution in [0.15, 0.2) is 0 Å². The number of rotatable bonds is 2. The van der Waals surface area contributed by atoms with Crippen molar-refractivity contribution in [1.82, 2.24) is 4.90 Å². The summed E-state index contributed by atoms with van der Waals surface area (Å²) in [6.45, 7) is 7.06. The first-order valence-electron chi connectivity index (χ1n) is 6.92. The molecule has 0 aliphatic heterocycles. The van der Waals surface area contributed by atoms with Crippen molar-refractivity contribution < 1.29 is 18.3 Å². The first-order chi connectivity index (χ1) is 8.58. The van der Waals surface area contributed by atoms with Crippen LogP contribution < -0.4 is 0 Å². The Morgan fingerprint density at radius 3 is 2.47 bits per heavy atom. The molecule has 1 aliphatic rings. The van der Waals surface area contributed by atoms with Gasteiger partial charge in [-0.15, -0.1) is 0 Å². The van der Waals surface area contributed by atoms with Gasteiger partial charge in [0.2, 0.25) is 0 Å². The summed E-state index contributed by atoms with van der Waals surface area (Å²) in [4.78, 5) is 13.3. The van der Waals surface area contributed by atoms with Crippen LogP contribution in [-0.2, 0) is 4.74 Å². The number of hydrogen-bond donors (Lipinski definition) is 0. The standard InChI is InChI=1S/C14H25F2NO2/c1-6-10-11(8-7-9-14(10,15)16)17(5)12(18)19-13(2,3)4/h10-11H,6-9H2,1-5H3. The molecule has 1 amide bonds. The normalized spacial score (nSPS) is 26.9. The predicted molar refractivity (Wildman–Crippen MR) is 70.4 cm³/mol. The van der Waals surface area contributed by atoms with Crippen LogP contribution in [0.4, 0.5) is 13.6 Å². The van der Waals surface area contributed by atoms with Gasteiger partial charge < -0.3 is 9.64 Å². The van der Waals surface area contributed by atoms with Crippen LogP contribution in [0.1, 0.15) is 53.4 Å². The fraction of sp³-hybridized carbons (Fsp3) is 0.929. The maximum Gasteiger partial charge on any atom is 0.410 e. The van der Waals surface area contributed by atoms with Gasteiger partial charge in [0.05, 0.1) is 0 Å². The zero-order valence-corrected chi connectivity index (χ0v) is 12.5. The van der Waals surface area contributed by atoms with Crippen LogP contribution in [0.5, 0.6) is 0 Å². The molecule has 0 N–H and O–H groups in total. The van der Waals surface area contributed by atoms with E-state index >= 15 is 0 Å². The molecule has 19 heavy (non-hydrogen) atoms. The molecule has 1 aliphatic carbocycles. The van der Waals surface area contributed by atoms with Gasteiger partial charge in [0.1, 0.15) is 5.60 Å².